The van der Waals surface area contributed by atoms with E-state index in [2.05, 4.69) is 10.6 Å². The first-order valence-corrected chi connectivity index (χ1v) is 11.6. The molecule has 3 amide bonds. The Balaban J connectivity index is 1.69. The zero-order chi connectivity index (χ0) is 24.7. The topological polar surface area (TPSA) is 87.7 Å². The lowest BCUT2D eigenvalue weighted by Crippen LogP contribution is -2.55. The van der Waals surface area contributed by atoms with Gasteiger partial charge in [0.05, 0.1) is 7.11 Å². The van der Waals surface area contributed by atoms with Gasteiger partial charge in [-0.05, 0) is 80.6 Å². The minimum Gasteiger partial charge on any atom is -0.497 e. The molecular formula is C26H32FN3O4. The number of likely N-dealkylation sites (tertiary alicyclic amines) is 1. The number of halogens is 1. The van der Waals surface area contributed by atoms with Crippen molar-refractivity contribution >= 4 is 17.7 Å². The van der Waals surface area contributed by atoms with Crippen molar-refractivity contribution in [1.29, 1.82) is 0 Å². The lowest BCUT2D eigenvalue weighted by molar-refractivity contribution is -0.125. The highest BCUT2D eigenvalue weighted by molar-refractivity contribution is 5.98. The summed E-state index contributed by atoms with van der Waals surface area (Å²) in [5.41, 5.74) is 0.866. The van der Waals surface area contributed by atoms with E-state index >= 15 is 0 Å². The molecule has 1 aliphatic rings. The van der Waals surface area contributed by atoms with Gasteiger partial charge in [0.15, 0.2) is 0 Å². The predicted octanol–water partition coefficient (Wildman–Crippen LogP) is 3.40. The second-order valence-electron chi connectivity index (χ2n) is 8.63. The third kappa shape index (κ3) is 6.34. The van der Waals surface area contributed by atoms with E-state index in [1.165, 1.54) is 24.3 Å². The van der Waals surface area contributed by atoms with Gasteiger partial charge in [0, 0.05) is 30.3 Å². The molecule has 0 aliphatic carbocycles. The Morgan fingerprint density at radius 3 is 2.15 bits per heavy atom. The number of carbonyl (C=O) groups excluding carboxylic acids is 3. The Hall–Kier alpha value is -3.42. The van der Waals surface area contributed by atoms with Crippen LogP contribution < -0.4 is 15.4 Å². The predicted molar refractivity (Wildman–Crippen MR) is 127 cm³/mol. The molecule has 2 aromatic carbocycles. The van der Waals surface area contributed by atoms with Gasteiger partial charge in [-0.2, -0.15) is 0 Å². The van der Waals surface area contributed by atoms with Crippen LogP contribution in [0.2, 0.25) is 0 Å². The van der Waals surface area contributed by atoms with Gasteiger partial charge in [-0.3, -0.25) is 14.4 Å². The highest BCUT2D eigenvalue weighted by Gasteiger charge is 2.34. The van der Waals surface area contributed by atoms with Gasteiger partial charge in [0.2, 0.25) is 5.91 Å². The molecule has 1 saturated heterocycles. The molecule has 2 aromatic rings. The number of carbonyl (C=O) groups is 3. The molecule has 182 valence electrons. The third-order valence-corrected chi connectivity index (χ3v) is 6.31. The fourth-order valence-corrected chi connectivity index (χ4v) is 4.01. The molecule has 34 heavy (non-hydrogen) atoms. The van der Waals surface area contributed by atoms with Crippen LogP contribution >= 0.6 is 0 Å². The van der Waals surface area contributed by atoms with E-state index in [4.69, 9.17) is 4.74 Å². The molecule has 0 bridgehead atoms. The summed E-state index contributed by atoms with van der Waals surface area (Å²) in [4.78, 5) is 40.5. The molecule has 0 aromatic heterocycles. The number of nitrogens with one attached hydrogen (secondary N) is 2. The van der Waals surface area contributed by atoms with Crippen molar-refractivity contribution < 1.29 is 23.5 Å². The Labute approximate surface area is 199 Å². The Morgan fingerprint density at radius 1 is 1.00 bits per heavy atom. The minimum atomic E-state index is -0.716. The van der Waals surface area contributed by atoms with Gasteiger partial charge in [0.1, 0.15) is 17.6 Å². The molecule has 0 spiro atoms. The first kappa shape index (κ1) is 25.2. The fraction of sp³-hybridized carbons (Fsp3) is 0.423. The molecule has 7 nitrogen and oxygen atoms in total. The second kappa shape index (κ2) is 11.6. The Bertz CT molecular complexity index is 986. The Morgan fingerprint density at radius 2 is 1.59 bits per heavy atom. The number of piperidine rings is 1. The lowest BCUT2D eigenvalue weighted by atomic mass is 9.88. The quantitative estimate of drug-likeness (QED) is 0.620. The molecule has 0 unspecified atom stereocenters. The largest absolute Gasteiger partial charge is 0.497 e. The minimum absolute atomic E-state index is 0.0203. The summed E-state index contributed by atoms with van der Waals surface area (Å²) in [6.07, 6.45) is 1.90. The van der Waals surface area contributed by atoms with Crippen molar-refractivity contribution in [2.75, 3.05) is 20.2 Å². The van der Waals surface area contributed by atoms with Crippen LogP contribution in [0.25, 0.3) is 0 Å². The maximum absolute atomic E-state index is 13.2. The Kier molecular flexibility index (Phi) is 8.62. The first-order chi connectivity index (χ1) is 16.3. The summed E-state index contributed by atoms with van der Waals surface area (Å²) >= 11 is 0. The number of hydrogen-bond acceptors (Lipinski definition) is 4. The number of nitrogens with zero attached hydrogens (tertiary/aromatic N) is 1. The second-order valence-corrected chi connectivity index (χ2v) is 8.63. The molecule has 3 rings (SSSR count). The van der Waals surface area contributed by atoms with E-state index in [-0.39, 0.29) is 29.7 Å². The van der Waals surface area contributed by atoms with E-state index in [1.54, 1.807) is 36.3 Å². The van der Waals surface area contributed by atoms with E-state index in [9.17, 15) is 18.8 Å². The molecule has 8 heteroatoms. The van der Waals surface area contributed by atoms with E-state index in [0.29, 0.717) is 42.8 Å². The first-order valence-electron chi connectivity index (χ1n) is 11.6. The third-order valence-electron chi connectivity index (χ3n) is 6.31. The summed E-state index contributed by atoms with van der Waals surface area (Å²) < 4.78 is 18.3. The van der Waals surface area contributed by atoms with Gasteiger partial charge in [-0.15, -0.1) is 0 Å². The van der Waals surface area contributed by atoms with Gasteiger partial charge < -0.3 is 20.3 Å². The van der Waals surface area contributed by atoms with Crippen LogP contribution in [0.5, 0.6) is 5.75 Å². The number of benzene rings is 2. The molecule has 1 fully saturated rings. The van der Waals surface area contributed by atoms with Crippen molar-refractivity contribution in [2.24, 2.45) is 5.92 Å². The average Bonchev–Trinajstić information content (AvgIpc) is 2.87. The zero-order valence-corrected chi connectivity index (χ0v) is 19.8. The number of amides is 3. The van der Waals surface area contributed by atoms with Crippen LogP contribution in [0.4, 0.5) is 4.39 Å². The lowest BCUT2D eigenvalue weighted by Gasteiger charge is -2.36. The molecule has 2 atom stereocenters. The van der Waals surface area contributed by atoms with Crippen LogP contribution in [0.1, 0.15) is 53.8 Å². The standard InChI is InChI=1S/C26H32FN3O4/c1-4-17(2)28-25(32)23(29-24(31)19-7-11-22(34-3)12-8-19)18-13-15-30(16-14-18)26(33)20-5-9-21(27)10-6-20/h5-12,17-18,23H,4,13-16H2,1-3H3,(H,28,32)(H,29,31)/t17-,23-/m1/s1. The zero-order valence-electron chi connectivity index (χ0n) is 19.8. The number of rotatable bonds is 8. The molecule has 1 aliphatic heterocycles. The van der Waals surface area contributed by atoms with Crippen LogP contribution in [0, 0.1) is 11.7 Å². The summed E-state index contributed by atoms with van der Waals surface area (Å²) in [5.74, 6) is -0.597. The number of hydrogen-bond donors (Lipinski definition) is 2. The SMILES string of the molecule is CC[C@@H](C)NC(=O)[C@H](NC(=O)c1ccc(OC)cc1)C1CCN(C(=O)c2ccc(F)cc2)CC1. The summed E-state index contributed by atoms with van der Waals surface area (Å²) in [7, 11) is 1.55. The fourth-order valence-electron chi connectivity index (χ4n) is 4.01. The van der Waals surface area contributed by atoms with Crippen molar-refractivity contribution in [1.82, 2.24) is 15.5 Å². The maximum Gasteiger partial charge on any atom is 0.253 e. The van der Waals surface area contributed by atoms with Crippen molar-refractivity contribution in [3.63, 3.8) is 0 Å². The normalized spacial score (nSPS) is 15.8. The maximum atomic E-state index is 13.2. The van der Waals surface area contributed by atoms with Crippen LogP contribution in [0.3, 0.4) is 0 Å². The van der Waals surface area contributed by atoms with Crippen molar-refractivity contribution in [3.8, 4) is 5.75 Å². The van der Waals surface area contributed by atoms with Gasteiger partial charge >= 0.3 is 0 Å². The smallest absolute Gasteiger partial charge is 0.253 e. The van der Waals surface area contributed by atoms with Crippen LogP contribution in [-0.2, 0) is 4.79 Å². The summed E-state index contributed by atoms with van der Waals surface area (Å²) in [6, 6.07) is 11.4. The number of methoxy groups -OCH3 is 1. The number of ether oxygens (including phenoxy) is 1. The average molecular weight is 470 g/mol. The van der Waals surface area contributed by atoms with Crippen molar-refractivity contribution in [3.05, 3.63) is 65.5 Å². The summed E-state index contributed by atoms with van der Waals surface area (Å²) in [5, 5.41) is 5.89. The molecule has 2 N–H and O–H groups in total. The van der Waals surface area contributed by atoms with E-state index < -0.39 is 11.9 Å². The van der Waals surface area contributed by atoms with Crippen LogP contribution in [-0.4, -0.2) is 54.9 Å². The molecule has 0 saturated carbocycles. The van der Waals surface area contributed by atoms with E-state index in [0.717, 1.165) is 6.42 Å². The molecule has 1 heterocycles. The highest BCUT2D eigenvalue weighted by atomic mass is 19.1. The van der Waals surface area contributed by atoms with Gasteiger partial charge in [-0.25, -0.2) is 4.39 Å². The van der Waals surface area contributed by atoms with Crippen LogP contribution in [0.15, 0.2) is 48.5 Å². The molecular weight excluding hydrogens is 437 g/mol. The summed E-state index contributed by atoms with van der Waals surface area (Å²) in [6.45, 7) is 4.80. The van der Waals surface area contributed by atoms with E-state index in [1.807, 2.05) is 13.8 Å². The highest BCUT2D eigenvalue weighted by Crippen LogP contribution is 2.23. The van der Waals surface area contributed by atoms with Crippen molar-refractivity contribution in [2.45, 2.75) is 45.2 Å². The van der Waals surface area contributed by atoms with Gasteiger partial charge in [-0.1, -0.05) is 6.92 Å². The molecule has 0 radical (unpaired) electrons. The monoisotopic (exact) mass is 469 g/mol. The van der Waals surface area contributed by atoms with Gasteiger partial charge in [0.25, 0.3) is 11.8 Å².